The van der Waals surface area contributed by atoms with Crippen LogP contribution in [0.25, 0.3) is 0 Å². The average Bonchev–Trinajstić information content (AvgIpc) is 3.01. The summed E-state index contributed by atoms with van der Waals surface area (Å²) in [6, 6.07) is 4.60. The third-order valence-corrected chi connectivity index (χ3v) is 4.38. The fourth-order valence-corrected chi connectivity index (χ4v) is 3.09. The van der Waals surface area contributed by atoms with Crippen molar-refractivity contribution in [2.24, 2.45) is 0 Å². The molecular weight excluding hydrogens is 254 g/mol. The summed E-state index contributed by atoms with van der Waals surface area (Å²) in [4.78, 5) is 6.76. The normalized spacial score (nSPS) is 25.1. The SMILES string of the molecule is Oc1cccnc1CNC1CCN(C2CCOC2)CC1. The molecule has 1 unspecified atom stereocenters. The Morgan fingerprint density at radius 1 is 1.35 bits per heavy atom. The largest absolute Gasteiger partial charge is 0.506 e. The Balaban J connectivity index is 1.43. The molecule has 5 nitrogen and oxygen atoms in total. The number of aromatic nitrogens is 1. The first-order valence-corrected chi connectivity index (χ1v) is 7.51. The molecule has 3 rings (SSSR count). The molecule has 3 heterocycles. The number of rotatable bonds is 4. The van der Waals surface area contributed by atoms with Gasteiger partial charge in [-0.1, -0.05) is 0 Å². The maximum atomic E-state index is 9.70. The molecule has 110 valence electrons. The molecule has 1 aromatic rings. The zero-order valence-electron chi connectivity index (χ0n) is 11.8. The molecule has 0 saturated carbocycles. The van der Waals surface area contributed by atoms with Gasteiger partial charge in [0.15, 0.2) is 0 Å². The molecule has 0 aliphatic carbocycles. The number of nitrogens with one attached hydrogen (secondary N) is 1. The van der Waals surface area contributed by atoms with E-state index in [0.29, 0.717) is 18.6 Å². The van der Waals surface area contributed by atoms with Crippen molar-refractivity contribution in [1.82, 2.24) is 15.2 Å². The molecule has 0 aromatic carbocycles. The number of aromatic hydroxyl groups is 1. The number of nitrogens with zero attached hydrogens (tertiary/aromatic N) is 2. The first kappa shape index (κ1) is 13.8. The zero-order chi connectivity index (χ0) is 13.8. The third-order valence-electron chi connectivity index (χ3n) is 4.38. The summed E-state index contributed by atoms with van der Waals surface area (Å²) in [7, 11) is 0. The fourth-order valence-electron chi connectivity index (χ4n) is 3.09. The number of hydrogen-bond acceptors (Lipinski definition) is 5. The van der Waals surface area contributed by atoms with E-state index in [1.165, 1.54) is 6.42 Å². The predicted molar refractivity (Wildman–Crippen MR) is 76.6 cm³/mol. The van der Waals surface area contributed by atoms with Gasteiger partial charge in [-0.2, -0.15) is 0 Å². The van der Waals surface area contributed by atoms with Crippen LogP contribution < -0.4 is 5.32 Å². The van der Waals surface area contributed by atoms with Crippen LogP contribution in [0.2, 0.25) is 0 Å². The van der Waals surface area contributed by atoms with E-state index in [4.69, 9.17) is 4.74 Å². The third kappa shape index (κ3) is 3.29. The van der Waals surface area contributed by atoms with E-state index in [-0.39, 0.29) is 5.75 Å². The number of ether oxygens (including phenoxy) is 1. The Kier molecular flexibility index (Phi) is 4.50. The Morgan fingerprint density at radius 2 is 2.20 bits per heavy atom. The number of likely N-dealkylation sites (tertiary alicyclic amines) is 1. The van der Waals surface area contributed by atoms with Crippen LogP contribution in [0.3, 0.4) is 0 Å². The predicted octanol–water partition coefficient (Wildman–Crippen LogP) is 1.13. The maximum absolute atomic E-state index is 9.70. The van der Waals surface area contributed by atoms with E-state index in [2.05, 4.69) is 15.2 Å². The summed E-state index contributed by atoms with van der Waals surface area (Å²) in [5.74, 6) is 0.278. The molecule has 0 radical (unpaired) electrons. The van der Waals surface area contributed by atoms with Gasteiger partial charge >= 0.3 is 0 Å². The summed E-state index contributed by atoms with van der Waals surface area (Å²) < 4.78 is 5.46. The van der Waals surface area contributed by atoms with Crippen LogP contribution in [-0.2, 0) is 11.3 Å². The van der Waals surface area contributed by atoms with Gasteiger partial charge in [-0.3, -0.25) is 9.88 Å². The first-order valence-electron chi connectivity index (χ1n) is 7.51. The van der Waals surface area contributed by atoms with Crippen LogP contribution in [0, 0.1) is 0 Å². The Hall–Kier alpha value is -1.17. The number of hydrogen-bond donors (Lipinski definition) is 2. The molecule has 5 heteroatoms. The van der Waals surface area contributed by atoms with Gasteiger partial charge in [0.05, 0.1) is 12.3 Å². The van der Waals surface area contributed by atoms with Gasteiger partial charge in [0.25, 0.3) is 0 Å². The first-order chi connectivity index (χ1) is 9.83. The number of piperidine rings is 1. The van der Waals surface area contributed by atoms with Crippen LogP contribution in [0.1, 0.15) is 25.0 Å². The van der Waals surface area contributed by atoms with Crippen LogP contribution in [0.4, 0.5) is 0 Å². The molecule has 2 saturated heterocycles. The van der Waals surface area contributed by atoms with Crippen molar-refractivity contribution in [3.63, 3.8) is 0 Å². The van der Waals surface area contributed by atoms with Gasteiger partial charge < -0.3 is 15.2 Å². The van der Waals surface area contributed by atoms with E-state index in [0.717, 1.165) is 44.8 Å². The van der Waals surface area contributed by atoms with Crippen molar-refractivity contribution in [2.75, 3.05) is 26.3 Å². The molecule has 2 N–H and O–H groups in total. The summed E-state index contributed by atoms with van der Waals surface area (Å²) in [5.41, 5.74) is 0.735. The summed E-state index contributed by atoms with van der Waals surface area (Å²) in [6.45, 7) is 4.74. The zero-order valence-corrected chi connectivity index (χ0v) is 11.8. The van der Waals surface area contributed by atoms with Gasteiger partial charge in [-0.05, 0) is 31.4 Å². The lowest BCUT2D eigenvalue weighted by atomic mass is 10.0. The van der Waals surface area contributed by atoms with E-state index in [9.17, 15) is 5.11 Å². The van der Waals surface area contributed by atoms with Gasteiger partial charge in [0, 0.05) is 44.5 Å². The Morgan fingerprint density at radius 3 is 2.90 bits per heavy atom. The minimum atomic E-state index is 0.278. The van der Waals surface area contributed by atoms with Gasteiger partial charge in [-0.15, -0.1) is 0 Å². The molecule has 2 aliphatic rings. The quantitative estimate of drug-likeness (QED) is 0.864. The lowest BCUT2D eigenvalue weighted by Crippen LogP contribution is -2.46. The second-order valence-corrected chi connectivity index (χ2v) is 5.68. The molecule has 2 aliphatic heterocycles. The molecule has 20 heavy (non-hydrogen) atoms. The van der Waals surface area contributed by atoms with Crippen molar-refractivity contribution in [3.8, 4) is 5.75 Å². The lowest BCUT2D eigenvalue weighted by molar-refractivity contribution is 0.117. The minimum Gasteiger partial charge on any atom is -0.506 e. The van der Waals surface area contributed by atoms with Crippen molar-refractivity contribution >= 4 is 0 Å². The second-order valence-electron chi connectivity index (χ2n) is 5.68. The highest BCUT2D eigenvalue weighted by molar-refractivity contribution is 5.24. The Bertz CT molecular complexity index is 427. The fraction of sp³-hybridized carbons (Fsp3) is 0.667. The van der Waals surface area contributed by atoms with Crippen molar-refractivity contribution in [1.29, 1.82) is 0 Å². The van der Waals surface area contributed by atoms with E-state index >= 15 is 0 Å². The van der Waals surface area contributed by atoms with Crippen molar-refractivity contribution in [3.05, 3.63) is 24.0 Å². The summed E-state index contributed by atoms with van der Waals surface area (Å²) in [6.07, 6.45) is 5.22. The summed E-state index contributed by atoms with van der Waals surface area (Å²) >= 11 is 0. The highest BCUT2D eigenvalue weighted by Gasteiger charge is 2.27. The van der Waals surface area contributed by atoms with Crippen LogP contribution in [0.15, 0.2) is 18.3 Å². The van der Waals surface area contributed by atoms with Crippen LogP contribution in [-0.4, -0.2) is 53.4 Å². The lowest BCUT2D eigenvalue weighted by Gasteiger charge is -2.35. The topological polar surface area (TPSA) is 57.6 Å². The van der Waals surface area contributed by atoms with E-state index in [1.807, 2.05) is 0 Å². The highest BCUT2D eigenvalue weighted by atomic mass is 16.5. The van der Waals surface area contributed by atoms with Gasteiger partial charge in [0.1, 0.15) is 5.75 Å². The molecule has 2 fully saturated rings. The van der Waals surface area contributed by atoms with Crippen molar-refractivity contribution in [2.45, 2.75) is 37.9 Å². The number of pyridine rings is 1. The molecule has 1 atom stereocenters. The molecular formula is C15H23N3O2. The smallest absolute Gasteiger partial charge is 0.138 e. The molecule has 0 amide bonds. The second kappa shape index (κ2) is 6.52. The van der Waals surface area contributed by atoms with E-state index in [1.54, 1.807) is 18.3 Å². The van der Waals surface area contributed by atoms with Gasteiger partial charge in [0.2, 0.25) is 0 Å². The highest BCUT2D eigenvalue weighted by Crippen LogP contribution is 2.19. The van der Waals surface area contributed by atoms with Gasteiger partial charge in [-0.25, -0.2) is 0 Å². The van der Waals surface area contributed by atoms with Crippen LogP contribution >= 0.6 is 0 Å². The molecule has 0 spiro atoms. The van der Waals surface area contributed by atoms with Crippen LogP contribution in [0.5, 0.6) is 5.75 Å². The van der Waals surface area contributed by atoms with E-state index < -0.39 is 0 Å². The molecule has 1 aromatic heterocycles. The minimum absolute atomic E-state index is 0.278. The Labute approximate surface area is 120 Å². The van der Waals surface area contributed by atoms with Crippen molar-refractivity contribution < 1.29 is 9.84 Å². The maximum Gasteiger partial charge on any atom is 0.138 e. The average molecular weight is 277 g/mol. The monoisotopic (exact) mass is 277 g/mol. The molecule has 0 bridgehead atoms. The standard InChI is InChI=1S/C15H23N3O2/c19-15-2-1-6-16-14(15)10-17-12-3-7-18(8-4-12)13-5-9-20-11-13/h1-2,6,12-13,17,19H,3-5,7-11H2. The summed E-state index contributed by atoms with van der Waals surface area (Å²) in [5, 5.41) is 13.2.